The number of thiophene rings is 1. The molecule has 0 radical (unpaired) electrons. The molecule has 0 fully saturated rings. The highest BCUT2D eigenvalue weighted by Crippen LogP contribution is 2.21. The van der Waals surface area contributed by atoms with E-state index in [4.69, 9.17) is 0 Å². The summed E-state index contributed by atoms with van der Waals surface area (Å²) in [5, 5.41) is 6.51. The Balaban J connectivity index is 2.00. The molecule has 106 valence electrons. The van der Waals surface area contributed by atoms with Crippen LogP contribution in [0.15, 0.2) is 52.6 Å². The fourth-order valence-corrected chi connectivity index (χ4v) is 2.94. The van der Waals surface area contributed by atoms with Gasteiger partial charge in [-0.1, -0.05) is 29.8 Å². The van der Waals surface area contributed by atoms with Crippen LogP contribution >= 0.6 is 11.3 Å². The van der Waals surface area contributed by atoms with Gasteiger partial charge in [0.25, 0.3) is 5.56 Å². The number of aryl methyl sites for hydroxylation is 2. The minimum absolute atomic E-state index is 0.0730. The molecule has 21 heavy (non-hydrogen) atoms. The van der Waals surface area contributed by atoms with Gasteiger partial charge in [-0.25, -0.2) is 4.68 Å². The second kappa shape index (κ2) is 5.66. The molecule has 0 aliphatic carbocycles. The predicted molar refractivity (Wildman–Crippen MR) is 86.8 cm³/mol. The maximum Gasteiger partial charge on any atom is 0.267 e. The topological polar surface area (TPSA) is 34.9 Å². The molecule has 0 saturated heterocycles. The normalized spacial score (nSPS) is 10.8. The van der Waals surface area contributed by atoms with E-state index in [0.717, 1.165) is 16.1 Å². The molecule has 3 rings (SSSR count). The van der Waals surface area contributed by atoms with Crippen molar-refractivity contribution in [1.29, 1.82) is 0 Å². The monoisotopic (exact) mass is 296 g/mol. The average molecular weight is 296 g/mol. The third kappa shape index (κ3) is 2.95. The van der Waals surface area contributed by atoms with Crippen LogP contribution in [0.4, 0.5) is 0 Å². The standard InChI is InChI=1S/C17H16N2OS/c1-12-5-6-13(2)14(10-12)11-19-17(20)8-7-15(18-19)16-4-3-9-21-16/h3-10H,11H2,1-2H3. The zero-order valence-electron chi connectivity index (χ0n) is 12.0. The van der Waals surface area contributed by atoms with Crippen LogP contribution in [0.5, 0.6) is 0 Å². The van der Waals surface area contributed by atoms with E-state index < -0.39 is 0 Å². The Morgan fingerprint density at radius 3 is 2.76 bits per heavy atom. The molecule has 0 bridgehead atoms. The SMILES string of the molecule is Cc1ccc(C)c(Cn2nc(-c3cccs3)ccc2=O)c1. The highest BCUT2D eigenvalue weighted by Gasteiger charge is 2.06. The van der Waals surface area contributed by atoms with Crippen LogP contribution < -0.4 is 5.56 Å². The molecule has 0 saturated carbocycles. The quantitative estimate of drug-likeness (QED) is 0.739. The van der Waals surface area contributed by atoms with E-state index in [9.17, 15) is 4.79 Å². The first-order valence-corrected chi connectivity index (χ1v) is 7.69. The number of nitrogens with zero attached hydrogens (tertiary/aromatic N) is 2. The van der Waals surface area contributed by atoms with E-state index in [1.54, 1.807) is 23.5 Å². The fraction of sp³-hybridized carbons (Fsp3) is 0.176. The lowest BCUT2D eigenvalue weighted by Gasteiger charge is -2.09. The van der Waals surface area contributed by atoms with Gasteiger partial charge < -0.3 is 0 Å². The van der Waals surface area contributed by atoms with Crippen molar-refractivity contribution in [2.45, 2.75) is 20.4 Å². The fourth-order valence-electron chi connectivity index (χ4n) is 2.25. The molecule has 1 aromatic carbocycles. The van der Waals surface area contributed by atoms with Gasteiger partial charge in [0, 0.05) is 6.07 Å². The predicted octanol–water partition coefficient (Wildman–Crippen LogP) is 3.64. The van der Waals surface area contributed by atoms with Gasteiger partial charge in [-0.05, 0) is 42.5 Å². The molecule has 2 heterocycles. The minimum Gasteiger partial charge on any atom is -0.268 e. The average Bonchev–Trinajstić information content (AvgIpc) is 2.99. The third-order valence-electron chi connectivity index (χ3n) is 3.46. The summed E-state index contributed by atoms with van der Waals surface area (Å²) in [7, 11) is 0. The molecule has 0 atom stereocenters. The van der Waals surface area contributed by atoms with Crippen molar-refractivity contribution >= 4 is 11.3 Å². The summed E-state index contributed by atoms with van der Waals surface area (Å²) in [6.07, 6.45) is 0. The molecule has 3 aromatic rings. The smallest absolute Gasteiger partial charge is 0.267 e. The molecule has 0 aliphatic heterocycles. The summed E-state index contributed by atoms with van der Waals surface area (Å²) in [4.78, 5) is 13.1. The van der Waals surface area contributed by atoms with Crippen molar-refractivity contribution in [3.05, 3.63) is 74.9 Å². The molecule has 2 aromatic heterocycles. The van der Waals surface area contributed by atoms with Gasteiger partial charge in [0.1, 0.15) is 5.69 Å². The molecule has 3 nitrogen and oxygen atoms in total. The Morgan fingerprint density at radius 2 is 2.00 bits per heavy atom. The molecule has 0 amide bonds. The van der Waals surface area contributed by atoms with Crippen molar-refractivity contribution in [2.24, 2.45) is 0 Å². The molecule has 0 spiro atoms. The van der Waals surface area contributed by atoms with Gasteiger partial charge in [0.2, 0.25) is 0 Å². The Kier molecular flexibility index (Phi) is 3.71. The lowest BCUT2D eigenvalue weighted by molar-refractivity contribution is 0.640. The number of hydrogen-bond acceptors (Lipinski definition) is 3. The van der Waals surface area contributed by atoms with Crippen LogP contribution in [0.25, 0.3) is 10.6 Å². The first-order chi connectivity index (χ1) is 10.1. The number of hydrogen-bond donors (Lipinski definition) is 0. The van der Waals surface area contributed by atoms with E-state index in [0.29, 0.717) is 6.54 Å². The van der Waals surface area contributed by atoms with Gasteiger partial charge in [0.15, 0.2) is 0 Å². The summed E-state index contributed by atoms with van der Waals surface area (Å²) in [5.41, 5.74) is 4.27. The summed E-state index contributed by atoms with van der Waals surface area (Å²) in [6, 6.07) is 13.7. The van der Waals surface area contributed by atoms with Gasteiger partial charge >= 0.3 is 0 Å². The van der Waals surface area contributed by atoms with Crippen molar-refractivity contribution in [3.8, 4) is 10.6 Å². The van der Waals surface area contributed by atoms with E-state index >= 15 is 0 Å². The molecular formula is C17H16N2OS. The lowest BCUT2D eigenvalue weighted by Crippen LogP contribution is -2.23. The van der Waals surface area contributed by atoms with Crippen molar-refractivity contribution in [2.75, 3.05) is 0 Å². The van der Waals surface area contributed by atoms with Crippen LogP contribution in [0.3, 0.4) is 0 Å². The van der Waals surface area contributed by atoms with E-state index in [-0.39, 0.29) is 5.56 Å². The van der Waals surface area contributed by atoms with Crippen LogP contribution in [-0.2, 0) is 6.54 Å². The van der Waals surface area contributed by atoms with Gasteiger partial charge in [-0.3, -0.25) is 4.79 Å². The zero-order chi connectivity index (χ0) is 14.8. The van der Waals surface area contributed by atoms with Gasteiger partial charge in [-0.2, -0.15) is 5.10 Å². The lowest BCUT2D eigenvalue weighted by atomic mass is 10.1. The van der Waals surface area contributed by atoms with E-state index in [1.807, 2.05) is 17.5 Å². The molecule has 0 aliphatic rings. The van der Waals surface area contributed by atoms with Crippen molar-refractivity contribution in [3.63, 3.8) is 0 Å². The Labute approximate surface area is 127 Å². The largest absolute Gasteiger partial charge is 0.268 e. The second-order valence-electron chi connectivity index (χ2n) is 5.12. The van der Waals surface area contributed by atoms with Crippen LogP contribution in [0, 0.1) is 13.8 Å². The Bertz CT molecular complexity index is 819. The summed E-state index contributed by atoms with van der Waals surface area (Å²) >= 11 is 1.62. The maximum absolute atomic E-state index is 12.0. The highest BCUT2D eigenvalue weighted by atomic mass is 32.1. The first kappa shape index (κ1) is 13.8. The van der Waals surface area contributed by atoms with Crippen LogP contribution in [0.1, 0.15) is 16.7 Å². The first-order valence-electron chi connectivity index (χ1n) is 6.82. The van der Waals surface area contributed by atoms with Crippen LogP contribution in [0.2, 0.25) is 0 Å². The van der Waals surface area contributed by atoms with Crippen LogP contribution in [-0.4, -0.2) is 9.78 Å². The third-order valence-corrected chi connectivity index (χ3v) is 4.36. The molecule has 0 N–H and O–H groups in total. The Hall–Kier alpha value is -2.20. The Morgan fingerprint density at radius 1 is 1.14 bits per heavy atom. The van der Waals surface area contributed by atoms with E-state index in [1.165, 1.54) is 15.8 Å². The molecular weight excluding hydrogens is 280 g/mol. The maximum atomic E-state index is 12.0. The number of benzene rings is 1. The number of aromatic nitrogens is 2. The number of rotatable bonds is 3. The second-order valence-corrected chi connectivity index (χ2v) is 6.07. The van der Waals surface area contributed by atoms with Gasteiger partial charge in [0.05, 0.1) is 11.4 Å². The minimum atomic E-state index is -0.0730. The summed E-state index contributed by atoms with van der Waals surface area (Å²) in [5.74, 6) is 0. The highest BCUT2D eigenvalue weighted by molar-refractivity contribution is 7.13. The summed E-state index contributed by atoms with van der Waals surface area (Å²) in [6.45, 7) is 4.62. The molecule has 4 heteroatoms. The molecule has 0 unspecified atom stereocenters. The zero-order valence-corrected chi connectivity index (χ0v) is 12.9. The summed E-state index contributed by atoms with van der Waals surface area (Å²) < 4.78 is 1.54. The van der Waals surface area contributed by atoms with Crippen molar-refractivity contribution < 1.29 is 0 Å². The van der Waals surface area contributed by atoms with Gasteiger partial charge in [-0.15, -0.1) is 11.3 Å². The van der Waals surface area contributed by atoms with E-state index in [2.05, 4.69) is 37.1 Å². The van der Waals surface area contributed by atoms with Crippen molar-refractivity contribution in [1.82, 2.24) is 9.78 Å².